The first kappa shape index (κ1) is 22.9. The normalized spacial score (nSPS) is 12.1. The number of para-hydroxylation sites is 2. The number of thiophene rings is 1. The second-order valence-electron chi connectivity index (χ2n) is 10.3. The number of fused-ring (bicyclic) bond motifs is 2. The second kappa shape index (κ2) is 9.03. The first-order valence-corrected chi connectivity index (χ1v) is 13.3. The molecule has 3 aromatic carbocycles. The fraction of sp³-hybridized carbons (Fsp3) is 0.323. The van der Waals surface area contributed by atoms with Gasteiger partial charge in [0.15, 0.2) is 0 Å². The van der Waals surface area contributed by atoms with Crippen molar-refractivity contribution in [3.05, 3.63) is 88.3 Å². The van der Waals surface area contributed by atoms with Crippen molar-refractivity contribution in [3.8, 4) is 11.4 Å². The lowest BCUT2D eigenvalue weighted by atomic mass is 9.88. The summed E-state index contributed by atoms with van der Waals surface area (Å²) < 4.78 is 3.77. The molecule has 0 bridgehead atoms. The van der Waals surface area contributed by atoms with E-state index in [1.807, 2.05) is 11.3 Å². The molecule has 34 heavy (non-hydrogen) atoms. The van der Waals surface area contributed by atoms with E-state index >= 15 is 0 Å². The van der Waals surface area contributed by atoms with Gasteiger partial charge in [-0.3, -0.25) is 0 Å². The van der Waals surface area contributed by atoms with Crippen LogP contribution in [0.4, 0.5) is 0 Å². The summed E-state index contributed by atoms with van der Waals surface area (Å²) in [5, 5.41) is 3.61. The Kier molecular flexibility index (Phi) is 6.07. The van der Waals surface area contributed by atoms with Crippen molar-refractivity contribution < 1.29 is 0 Å². The van der Waals surface area contributed by atoms with Crippen LogP contribution >= 0.6 is 11.3 Å². The molecule has 0 saturated carbocycles. The zero-order valence-electron chi connectivity index (χ0n) is 21.1. The monoisotopic (exact) mass is 466 g/mol. The maximum atomic E-state index is 5.19. The number of hydrogen-bond acceptors (Lipinski definition) is 2. The van der Waals surface area contributed by atoms with Gasteiger partial charge in [-0.15, -0.1) is 11.3 Å². The molecule has 2 nitrogen and oxygen atoms in total. The van der Waals surface area contributed by atoms with E-state index in [0.29, 0.717) is 17.8 Å². The third-order valence-electron chi connectivity index (χ3n) is 6.97. The predicted molar refractivity (Wildman–Crippen MR) is 148 cm³/mol. The SMILES string of the molecule is CC(C)c1ccc2scc(-c3nc4ccccc4n3Cc3c(C(C)C)cccc3C(C)C)c2c1. The highest BCUT2D eigenvalue weighted by molar-refractivity contribution is 7.17. The molecule has 0 spiro atoms. The lowest BCUT2D eigenvalue weighted by Crippen LogP contribution is -2.10. The Morgan fingerprint density at radius 3 is 2.18 bits per heavy atom. The second-order valence-corrected chi connectivity index (χ2v) is 11.2. The van der Waals surface area contributed by atoms with Crippen LogP contribution in [0.5, 0.6) is 0 Å². The average Bonchev–Trinajstić information content (AvgIpc) is 3.39. The molecule has 5 aromatic rings. The largest absolute Gasteiger partial charge is 0.319 e. The predicted octanol–water partition coefficient (Wildman–Crippen LogP) is 9.34. The molecule has 5 rings (SSSR count). The third kappa shape index (κ3) is 3.96. The van der Waals surface area contributed by atoms with Crippen molar-refractivity contribution in [2.24, 2.45) is 0 Å². The number of aromatic nitrogens is 2. The van der Waals surface area contributed by atoms with Gasteiger partial charge in [-0.2, -0.15) is 0 Å². The molecule has 0 fully saturated rings. The van der Waals surface area contributed by atoms with Gasteiger partial charge in [-0.05, 0) is 64.3 Å². The molecule has 0 atom stereocenters. The van der Waals surface area contributed by atoms with Gasteiger partial charge in [0.1, 0.15) is 5.82 Å². The highest BCUT2D eigenvalue weighted by Gasteiger charge is 2.20. The molecular formula is C31H34N2S. The number of nitrogens with zero attached hydrogens (tertiary/aromatic N) is 2. The van der Waals surface area contributed by atoms with Gasteiger partial charge in [0.05, 0.1) is 17.6 Å². The zero-order chi connectivity index (χ0) is 24.0. The van der Waals surface area contributed by atoms with Crippen LogP contribution < -0.4 is 0 Å². The van der Waals surface area contributed by atoms with E-state index in [-0.39, 0.29) is 0 Å². The molecule has 2 heterocycles. The summed E-state index contributed by atoms with van der Waals surface area (Å²) in [5.74, 6) is 2.52. The maximum Gasteiger partial charge on any atom is 0.142 e. The Balaban J connectivity index is 1.76. The van der Waals surface area contributed by atoms with E-state index in [1.54, 1.807) is 0 Å². The highest BCUT2D eigenvalue weighted by Crippen LogP contribution is 2.38. The van der Waals surface area contributed by atoms with Gasteiger partial charge in [-0.1, -0.05) is 77.9 Å². The first-order chi connectivity index (χ1) is 16.3. The number of imidazole rings is 1. The minimum atomic E-state index is 0.475. The van der Waals surface area contributed by atoms with Gasteiger partial charge >= 0.3 is 0 Å². The average molecular weight is 467 g/mol. The van der Waals surface area contributed by atoms with Crippen LogP contribution in [-0.2, 0) is 6.54 Å². The van der Waals surface area contributed by atoms with Crippen molar-refractivity contribution in [1.29, 1.82) is 0 Å². The quantitative estimate of drug-likeness (QED) is 0.244. The number of rotatable bonds is 6. The minimum Gasteiger partial charge on any atom is -0.319 e. The zero-order valence-corrected chi connectivity index (χ0v) is 21.9. The summed E-state index contributed by atoms with van der Waals surface area (Å²) in [6.45, 7) is 14.6. The van der Waals surface area contributed by atoms with Crippen LogP contribution in [0.15, 0.2) is 66.0 Å². The van der Waals surface area contributed by atoms with E-state index in [0.717, 1.165) is 17.9 Å². The Labute approximate surface area is 207 Å². The maximum absolute atomic E-state index is 5.19. The molecule has 0 unspecified atom stereocenters. The van der Waals surface area contributed by atoms with Crippen molar-refractivity contribution in [3.63, 3.8) is 0 Å². The topological polar surface area (TPSA) is 17.8 Å². The fourth-order valence-electron chi connectivity index (χ4n) is 5.07. The van der Waals surface area contributed by atoms with Crippen molar-refractivity contribution in [1.82, 2.24) is 9.55 Å². The molecule has 0 aliphatic rings. The summed E-state index contributed by atoms with van der Waals surface area (Å²) in [7, 11) is 0. The smallest absolute Gasteiger partial charge is 0.142 e. The van der Waals surface area contributed by atoms with E-state index in [1.165, 1.54) is 43.4 Å². The summed E-state index contributed by atoms with van der Waals surface area (Å²) in [4.78, 5) is 5.19. The van der Waals surface area contributed by atoms with Crippen molar-refractivity contribution in [2.45, 2.75) is 65.8 Å². The molecule has 174 valence electrons. The summed E-state index contributed by atoms with van der Waals surface area (Å²) >= 11 is 1.82. The van der Waals surface area contributed by atoms with Gasteiger partial charge in [0.2, 0.25) is 0 Å². The van der Waals surface area contributed by atoms with Crippen LogP contribution in [0.1, 0.15) is 81.5 Å². The van der Waals surface area contributed by atoms with Gasteiger partial charge < -0.3 is 4.57 Å². The first-order valence-electron chi connectivity index (χ1n) is 12.4. The Hall–Kier alpha value is -2.91. The van der Waals surface area contributed by atoms with Crippen LogP contribution in [0.3, 0.4) is 0 Å². The minimum absolute atomic E-state index is 0.475. The van der Waals surface area contributed by atoms with Crippen LogP contribution in [0, 0.1) is 0 Å². The Morgan fingerprint density at radius 1 is 0.794 bits per heavy atom. The molecular weight excluding hydrogens is 432 g/mol. The van der Waals surface area contributed by atoms with Crippen molar-refractivity contribution in [2.75, 3.05) is 0 Å². The molecule has 0 aliphatic heterocycles. The van der Waals surface area contributed by atoms with Crippen molar-refractivity contribution >= 4 is 32.5 Å². The Morgan fingerprint density at radius 2 is 1.50 bits per heavy atom. The van der Waals surface area contributed by atoms with Crippen LogP contribution in [-0.4, -0.2) is 9.55 Å². The summed E-state index contributed by atoms with van der Waals surface area (Å²) in [6.07, 6.45) is 0. The lowest BCUT2D eigenvalue weighted by Gasteiger charge is -2.21. The fourth-order valence-corrected chi connectivity index (χ4v) is 5.99. The third-order valence-corrected chi connectivity index (χ3v) is 7.93. The molecule has 0 N–H and O–H groups in total. The molecule has 0 aliphatic carbocycles. The summed E-state index contributed by atoms with van der Waals surface area (Å²) in [6, 6.07) is 22.3. The molecule has 2 aromatic heterocycles. The summed E-state index contributed by atoms with van der Waals surface area (Å²) in [5.41, 5.74) is 9.20. The standard InChI is InChI=1S/C31H34N2S/c1-19(2)22-14-15-30-25(16-22)27(18-34-30)31-32-28-12-7-8-13-29(28)33(31)17-26-23(20(3)4)10-9-11-24(26)21(5)6/h7-16,18-21H,17H2,1-6H3. The molecule has 0 radical (unpaired) electrons. The van der Waals surface area contributed by atoms with Crippen LogP contribution in [0.2, 0.25) is 0 Å². The van der Waals surface area contributed by atoms with E-state index in [9.17, 15) is 0 Å². The van der Waals surface area contributed by atoms with E-state index < -0.39 is 0 Å². The molecule has 0 amide bonds. The van der Waals surface area contributed by atoms with Gasteiger partial charge in [0, 0.05) is 21.0 Å². The molecule has 0 saturated heterocycles. The Bertz CT molecular complexity index is 1440. The van der Waals surface area contributed by atoms with Gasteiger partial charge in [0.25, 0.3) is 0 Å². The lowest BCUT2D eigenvalue weighted by molar-refractivity contribution is 0.750. The van der Waals surface area contributed by atoms with Crippen LogP contribution in [0.25, 0.3) is 32.5 Å². The van der Waals surface area contributed by atoms with Gasteiger partial charge in [-0.25, -0.2) is 4.98 Å². The highest BCUT2D eigenvalue weighted by atomic mass is 32.1. The number of benzene rings is 3. The van der Waals surface area contributed by atoms with E-state index in [2.05, 4.69) is 112 Å². The number of hydrogen-bond donors (Lipinski definition) is 0. The van der Waals surface area contributed by atoms with E-state index in [4.69, 9.17) is 4.98 Å². The molecule has 3 heteroatoms.